The Labute approximate surface area is 112 Å². The molecule has 0 amide bonds. The topological polar surface area (TPSA) is 34.0 Å². The maximum absolute atomic E-state index is 13.8. The third-order valence-corrected chi connectivity index (χ3v) is 3.08. The third kappa shape index (κ3) is 3.01. The second-order valence-electron chi connectivity index (χ2n) is 5.72. The molecule has 4 heteroatoms. The number of nitrogens with one attached hydrogen (secondary N) is 1. The van der Waals surface area contributed by atoms with E-state index in [9.17, 15) is 9.18 Å². The van der Waals surface area contributed by atoms with Crippen LogP contribution in [0.15, 0.2) is 24.4 Å². The molecule has 0 unspecified atom stereocenters. The molecule has 0 spiro atoms. The highest BCUT2D eigenvalue weighted by atomic mass is 19.1. The van der Waals surface area contributed by atoms with Crippen LogP contribution in [-0.4, -0.2) is 23.1 Å². The van der Waals surface area contributed by atoms with Crippen molar-refractivity contribution in [2.24, 2.45) is 0 Å². The number of rotatable bonds is 4. The van der Waals surface area contributed by atoms with Crippen molar-refractivity contribution in [1.29, 1.82) is 0 Å². The highest BCUT2D eigenvalue weighted by Gasteiger charge is 2.12. The molecule has 1 N–H and O–H groups in total. The van der Waals surface area contributed by atoms with Gasteiger partial charge in [0.25, 0.3) is 0 Å². The smallest absolute Gasteiger partial charge is 0.218 e. The van der Waals surface area contributed by atoms with Crippen molar-refractivity contribution in [3.63, 3.8) is 0 Å². The van der Waals surface area contributed by atoms with E-state index in [1.165, 1.54) is 10.6 Å². The lowest BCUT2D eigenvalue weighted by molar-refractivity contribution is 0.430. The minimum atomic E-state index is -0.361. The summed E-state index contributed by atoms with van der Waals surface area (Å²) in [6.07, 6.45) is 3.03. The van der Waals surface area contributed by atoms with E-state index in [0.29, 0.717) is 11.9 Å². The quantitative estimate of drug-likeness (QED) is 0.860. The maximum atomic E-state index is 13.8. The number of benzene rings is 1. The van der Waals surface area contributed by atoms with Crippen LogP contribution in [0.4, 0.5) is 4.39 Å². The van der Waals surface area contributed by atoms with Crippen molar-refractivity contribution in [3.05, 3.63) is 35.8 Å². The molecule has 0 bridgehead atoms. The van der Waals surface area contributed by atoms with E-state index in [2.05, 4.69) is 26.1 Å². The molecule has 1 heterocycles. The van der Waals surface area contributed by atoms with Crippen molar-refractivity contribution in [1.82, 2.24) is 9.88 Å². The molecule has 0 radical (unpaired) electrons. The number of carbonyl (C=O) groups excluding carboxylic acids is 1. The van der Waals surface area contributed by atoms with Crippen molar-refractivity contribution in [3.8, 4) is 0 Å². The summed E-state index contributed by atoms with van der Waals surface area (Å²) in [4.78, 5) is 10.9. The fourth-order valence-corrected chi connectivity index (χ4v) is 2.18. The van der Waals surface area contributed by atoms with Gasteiger partial charge in [-0.25, -0.2) is 4.39 Å². The van der Waals surface area contributed by atoms with E-state index in [1.807, 2.05) is 0 Å². The fraction of sp³-hybridized carbons (Fsp3) is 0.400. The number of nitrogens with zero attached hydrogens (tertiary/aromatic N) is 1. The third-order valence-electron chi connectivity index (χ3n) is 3.08. The fourth-order valence-electron chi connectivity index (χ4n) is 2.18. The SMILES string of the molecule is CC(C)(C)NCCc1ccc(F)c2c1ccn2C=O. The normalized spacial score (nSPS) is 12.0. The Morgan fingerprint density at radius 2 is 2.05 bits per heavy atom. The largest absolute Gasteiger partial charge is 0.312 e. The summed E-state index contributed by atoms with van der Waals surface area (Å²) < 4.78 is 15.0. The van der Waals surface area contributed by atoms with E-state index in [1.54, 1.807) is 18.3 Å². The van der Waals surface area contributed by atoms with Crippen LogP contribution in [0.5, 0.6) is 0 Å². The van der Waals surface area contributed by atoms with Crippen molar-refractivity contribution < 1.29 is 9.18 Å². The van der Waals surface area contributed by atoms with Crippen LogP contribution >= 0.6 is 0 Å². The Balaban J connectivity index is 2.27. The molecule has 0 saturated carbocycles. The Morgan fingerprint density at radius 1 is 1.32 bits per heavy atom. The first-order chi connectivity index (χ1) is 8.92. The maximum Gasteiger partial charge on any atom is 0.218 e. The van der Waals surface area contributed by atoms with E-state index >= 15 is 0 Å². The highest BCUT2D eigenvalue weighted by molar-refractivity contribution is 5.88. The second kappa shape index (κ2) is 5.13. The van der Waals surface area contributed by atoms with Crippen LogP contribution in [0.1, 0.15) is 26.3 Å². The van der Waals surface area contributed by atoms with Gasteiger partial charge >= 0.3 is 0 Å². The minimum absolute atomic E-state index is 0.0634. The molecule has 0 fully saturated rings. The van der Waals surface area contributed by atoms with Crippen LogP contribution in [0, 0.1) is 5.82 Å². The summed E-state index contributed by atoms with van der Waals surface area (Å²) in [7, 11) is 0. The molecule has 102 valence electrons. The molecule has 0 aliphatic carbocycles. The van der Waals surface area contributed by atoms with Crippen LogP contribution < -0.4 is 5.32 Å². The van der Waals surface area contributed by atoms with Gasteiger partial charge in [-0.1, -0.05) is 6.07 Å². The average molecular weight is 262 g/mol. The van der Waals surface area contributed by atoms with Gasteiger partial charge in [-0.3, -0.25) is 9.36 Å². The molecule has 2 aromatic rings. The number of hydrogen-bond acceptors (Lipinski definition) is 2. The molecule has 3 nitrogen and oxygen atoms in total. The Bertz CT molecular complexity index is 596. The zero-order chi connectivity index (χ0) is 14.0. The van der Waals surface area contributed by atoms with Gasteiger partial charge in [-0.05, 0) is 51.4 Å². The molecule has 2 rings (SSSR count). The predicted octanol–water partition coefficient (Wildman–Crippen LogP) is 2.75. The summed E-state index contributed by atoms with van der Waals surface area (Å²) >= 11 is 0. The predicted molar refractivity (Wildman–Crippen MR) is 75.5 cm³/mol. The molecule has 1 aromatic heterocycles. The number of carbonyl (C=O) groups is 1. The van der Waals surface area contributed by atoms with E-state index < -0.39 is 0 Å². The molecule has 0 aliphatic heterocycles. The zero-order valence-electron chi connectivity index (χ0n) is 11.5. The van der Waals surface area contributed by atoms with E-state index in [0.717, 1.165) is 23.9 Å². The van der Waals surface area contributed by atoms with Crippen molar-refractivity contribution >= 4 is 17.3 Å². The van der Waals surface area contributed by atoms with Crippen LogP contribution in [0.3, 0.4) is 0 Å². The summed E-state index contributed by atoms with van der Waals surface area (Å²) in [5, 5.41) is 4.21. The first kappa shape index (κ1) is 13.7. The van der Waals surface area contributed by atoms with E-state index in [4.69, 9.17) is 0 Å². The Kier molecular flexibility index (Phi) is 3.71. The summed E-state index contributed by atoms with van der Waals surface area (Å²) in [5.74, 6) is -0.361. The van der Waals surface area contributed by atoms with Crippen LogP contribution in [0.25, 0.3) is 10.9 Å². The van der Waals surface area contributed by atoms with Gasteiger partial charge in [0.15, 0.2) is 0 Å². The summed E-state index contributed by atoms with van der Waals surface area (Å²) in [6, 6.07) is 5.01. The van der Waals surface area contributed by atoms with Crippen molar-refractivity contribution in [2.45, 2.75) is 32.7 Å². The van der Waals surface area contributed by atoms with Gasteiger partial charge in [0, 0.05) is 17.1 Å². The lowest BCUT2D eigenvalue weighted by Gasteiger charge is -2.20. The lowest BCUT2D eigenvalue weighted by atomic mass is 10.0. The highest BCUT2D eigenvalue weighted by Crippen LogP contribution is 2.23. The first-order valence-electron chi connectivity index (χ1n) is 6.40. The van der Waals surface area contributed by atoms with Gasteiger partial charge in [0.2, 0.25) is 6.41 Å². The summed E-state index contributed by atoms with van der Waals surface area (Å²) in [6.45, 7) is 7.14. The van der Waals surface area contributed by atoms with Crippen LogP contribution in [0.2, 0.25) is 0 Å². The first-order valence-corrected chi connectivity index (χ1v) is 6.40. The van der Waals surface area contributed by atoms with Crippen LogP contribution in [-0.2, 0) is 11.2 Å². The average Bonchev–Trinajstić information content (AvgIpc) is 2.75. The molecule has 0 atom stereocenters. The molecular formula is C15H19FN2O. The lowest BCUT2D eigenvalue weighted by Crippen LogP contribution is -2.37. The molecule has 19 heavy (non-hydrogen) atoms. The van der Waals surface area contributed by atoms with Gasteiger partial charge in [0.05, 0.1) is 5.52 Å². The Hall–Kier alpha value is -1.68. The Morgan fingerprint density at radius 3 is 2.68 bits per heavy atom. The van der Waals surface area contributed by atoms with Crippen molar-refractivity contribution in [2.75, 3.05) is 6.54 Å². The molecular weight excluding hydrogens is 243 g/mol. The van der Waals surface area contributed by atoms with Gasteiger partial charge in [-0.15, -0.1) is 0 Å². The standard InChI is InChI=1S/C15H19FN2O/c1-15(2,3)17-8-6-11-4-5-13(16)14-12(11)7-9-18(14)10-19/h4-5,7,9-10,17H,6,8H2,1-3H3. The monoisotopic (exact) mass is 262 g/mol. The van der Waals surface area contributed by atoms with Gasteiger partial charge in [0.1, 0.15) is 5.82 Å². The number of hydrogen-bond donors (Lipinski definition) is 1. The van der Waals surface area contributed by atoms with Gasteiger partial charge in [-0.2, -0.15) is 0 Å². The number of aromatic nitrogens is 1. The molecule has 0 saturated heterocycles. The minimum Gasteiger partial charge on any atom is -0.312 e. The molecule has 1 aromatic carbocycles. The number of halogens is 1. The second-order valence-corrected chi connectivity index (χ2v) is 5.72. The van der Waals surface area contributed by atoms with Gasteiger partial charge < -0.3 is 5.32 Å². The van der Waals surface area contributed by atoms with E-state index in [-0.39, 0.29) is 11.4 Å². The summed E-state index contributed by atoms with van der Waals surface area (Å²) in [5.41, 5.74) is 1.48. The molecule has 0 aliphatic rings. The number of fused-ring (bicyclic) bond motifs is 1. The zero-order valence-corrected chi connectivity index (χ0v) is 11.5.